The van der Waals surface area contributed by atoms with Gasteiger partial charge in [-0.15, -0.1) is 12.4 Å². The molecular formula is C18H21ClN2O3S. The highest BCUT2D eigenvalue weighted by atomic mass is 35.5. The maximum absolute atomic E-state index is 12.8. The number of carbonyl (C=O) groups excluding carboxylic acids is 1. The van der Waals surface area contributed by atoms with Crippen molar-refractivity contribution in [2.45, 2.75) is 23.8 Å². The van der Waals surface area contributed by atoms with Gasteiger partial charge in [0.2, 0.25) is 10.0 Å². The van der Waals surface area contributed by atoms with Crippen LogP contribution in [0.15, 0.2) is 59.5 Å². The molecule has 1 heterocycles. The molecule has 0 aromatic heterocycles. The van der Waals surface area contributed by atoms with Crippen molar-refractivity contribution in [1.82, 2.24) is 4.31 Å². The van der Waals surface area contributed by atoms with Gasteiger partial charge in [0.15, 0.2) is 5.78 Å². The van der Waals surface area contributed by atoms with Crippen molar-refractivity contribution in [3.05, 3.63) is 65.7 Å². The first kappa shape index (κ1) is 19.6. The zero-order valence-corrected chi connectivity index (χ0v) is 15.5. The summed E-state index contributed by atoms with van der Waals surface area (Å²) in [5, 5.41) is 0. The quantitative estimate of drug-likeness (QED) is 0.826. The Labute approximate surface area is 154 Å². The minimum atomic E-state index is -3.61. The Balaban J connectivity index is 0.00000225. The minimum absolute atomic E-state index is 0. The average Bonchev–Trinajstić information content (AvgIpc) is 2.98. The fourth-order valence-corrected chi connectivity index (χ4v) is 4.55. The Morgan fingerprint density at radius 2 is 1.64 bits per heavy atom. The first-order chi connectivity index (χ1) is 11.4. The van der Waals surface area contributed by atoms with Crippen LogP contribution < -0.4 is 5.73 Å². The van der Waals surface area contributed by atoms with Gasteiger partial charge in [-0.2, -0.15) is 4.31 Å². The molecule has 0 saturated carbocycles. The van der Waals surface area contributed by atoms with Crippen LogP contribution in [0.3, 0.4) is 0 Å². The number of nitrogens with two attached hydrogens (primary N) is 1. The fourth-order valence-electron chi connectivity index (χ4n) is 3.05. The summed E-state index contributed by atoms with van der Waals surface area (Å²) >= 11 is 0. The summed E-state index contributed by atoms with van der Waals surface area (Å²) in [5.41, 5.74) is 7.73. The summed E-state index contributed by atoms with van der Waals surface area (Å²) in [6, 6.07) is 15.5. The van der Waals surface area contributed by atoms with Crippen molar-refractivity contribution in [1.29, 1.82) is 0 Å². The third-order valence-corrected chi connectivity index (χ3v) is 6.30. The average molecular weight is 381 g/mol. The number of carbonyl (C=O) groups is 1. The van der Waals surface area contributed by atoms with E-state index in [4.69, 9.17) is 5.73 Å². The molecule has 134 valence electrons. The molecule has 0 unspecified atom stereocenters. The van der Waals surface area contributed by atoms with E-state index in [0.717, 1.165) is 5.56 Å². The highest BCUT2D eigenvalue weighted by molar-refractivity contribution is 7.89. The highest BCUT2D eigenvalue weighted by Crippen LogP contribution is 2.30. The number of Topliss-reactive ketones (excluding diaryl/α,β-unsaturated/α-hetero) is 1. The molecule has 2 aromatic rings. The summed E-state index contributed by atoms with van der Waals surface area (Å²) in [5.74, 6) is -0.108. The normalized spacial score (nSPS) is 20.9. The van der Waals surface area contributed by atoms with E-state index in [1.54, 1.807) is 12.1 Å². The van der Waals surface area contributed by atoms with E-state index in [2.05, 4.69) is 0 Å². The van der Waals surface area contributed by atoms with E-state index < -0.39 is 10.0 Å². The van der Waals surface area contributed by atoms with Gasteiger partial charge >= 0.3 is 0 Å². The van der Waals surface area contributed by atoms with Crippen molar-refractivity contribution in [3.63, 3.8) is 0 Å². The molecule has 0 radical (unpaired) electrons. The lowest BCUT2D eigenvalue weighted by molar-refractivity contribution is 0.101. The molecule has 2 aromatic carbocycles. The van der Waals surface area contributed by atoms with Crippen LogP contribution in [0.2, 0.25) is 0 Å². The van der Waals surface area contributed by atoms with Crippen molar-refractivity contribution in [2.24, 2.45) is 5.73 Å². The number of halogens is 1. The third-order valence-electron chi connectivity index (χ3n) is 4.46. The number of nitrogens with zero attached hydrogens (tertiary/aromatic N) is 1. The molecular weight excluding hydrogens is 360 g/mol. The fraction of sp³-hybridized carbons (Fsp3) is 0.278. The third kappa shape index (κ3) is 3.93. The van der Waals surface area contributed by atoms with Gasteiger partial charge in [-0.25, -0.2) is 8.42 Å². The molecule has 2 atom stereocenters. The number of benzene rings is 2. The molecule has 7 heteroatoms. The Kier molecular flexibility index (Phi) is 6.00. The number of ketones is 1. The van der Waals surface area contributed by atoms with Crippen LogP contribution >= 0.6 is 12.4 Å². The maximum atomic E-state index is 12.8. The number of sulfonamides is 1. The highest BCUT2D eigenvalue weighted by Gasteiger charge is 2.38. The Morgan fingerprint density at radius 3 is 2.20 bits per heavy atom. The van der Waals surface area contributed by atoms with Gasteiger partial charge < -0.3 is 5.73 Å². The van der Waals surface area contributed by atoms with Gasteiger partial charge in [-0.05, 0) is 24.6 Å². The number of hydrogen-bond donors (Lipinski definition) is 1. The van der Waals surface area contributed by atoms with Crippen molar-refractivity contribution in [3.8, 4) is 0 Å². The first-order valence-corrected chi connectivity index (χ1v) is 9.25. The predicted molar refractivity (Wildman–Crippen MR) is 99.6 cm³/mol. The lowest BCUT2D eigenvalue weighted by atomic mass is 9.95. The smallest absolute Gasteiger partial charge is 0.243 e. The predicted octanol–water partition coefficient (Wildman–Crippen LogP) is 2.43. The summed E-state index contributed by atoms with van der Waals surface area (Å²) < 4.78 is 27.1. The van der Waals surface area contributed by atoms with E-state index >= 15 is 0 Å². The lowest BCUT2D eigenvalue weighted by Gasteiger charge is -2.16. The monoisotopic (exact) mass is 380 g/mol. The molecule has 1 aliphatic rings. The zero-order chi connectivity index (χ0) is 17.3. The van der Waals surface area contributed by atoms with Crippen LogP contribution in [0, 0.1) is 0 Å². The van der Waals surface area contributed by atoms with Crippen LogP contribution in [-0.4, -0.2) is 37.6 Å². The van der Waals surface area contributed by atoms with Crippen LogP contribution in [0.4, 0.5) is 0 Å². The Hall–Kier alpha value is -1.73. The van der Waals surface area contributed by atoms with Gasteiger partial charge in [0.25, 0.3) is 0 Å². The Morgan fingerprint density at radius 1 is 1.04 bits per heavy atom. The molecule has 0 bridgehead atoms. The molecule has 2 N–H and O–H groups in total. The van der Waals surface area contributed by atoms with E-state index in [1.807, 2.05) is 30.3 Å². The topological polar surface area (TPSA) is 80.5 Å². The summed E-state index contributed by atoms with van der Waals surface area (Å²) in [4.78, 5) is 11.5. The standard InChI is InChI=1S/C18H20N2O3S.ClH/c1-13(21)14-7-9-16(10-8-14)24(22,23)20-11-17(18(19)12-20)15-5-3-2-4-6-15;/h2-10,17-18H,11-12,19H2,1H3;1H/t17-,18+;/m0./s1. The first-order valence-electron chi connectivity index (χ1n) is 7.81. The SMILES string of the molecule is CC(=O)c1ccc(S(=O)(=O)N2C[C@@H](N)[C@H](c3ccccc3)C2)cc1.Cl. The van der Waals surface area contributed by atoms with Gasteiger partial charge in [-0.3, -0.25) is 4.79 Å². The zero-order valence-electron chi connectivity index (χ0n) is 13.8. The lowest BCUT2D eigenvalue weighted by Crippen LogP contribution is -2.32. The van der Waals surface area contributed by atoms with Crippen molar-refractivity contribution >= 4 is 28.2 Å². The van der Waals surface area contributed by atoms with Crippen molar-refractivity contribution in [2.75, 3.05) is 13.1 Å². The van der Waals surface area contributed by atoms with E-state index in [1.165, 1.54) is 23.4 Å². The molecule has 0 spiro atoms. The number of hydrogen-bond acceptors (Lipinski definition) is 4. The van der Waals surface area contributed by atoms with Gasteiger partial charge in [0.1, 0.15) is 0 Å². The van der Waals surface area contributed by atoms with Crippen LogP contribution in [0.25, 0.3) is 0 Å². The van der Waals surface area contributed by atoms with Crippen LogP contribution in [0.5, 0.6) is 0 Å². The minimum Gasteiger partial charge on any atom is -0.326 e. The molecule has 1 aliphatic heterocycles. The second-order valence-electron chi connectivity index (χ2n) is 6.08. The van der Waals surface area contributed by atoms with Gasteiger partial charge in [0, 0.05) is 30.6 Å². The molecule has 1 saturated heterocycles. The second-order valence-corrected chi connectivity index (χ2v) is 8.02. The van der Waals surface area contributed by atoms with Gasteiger partial charge in [-0.1, -0.05) is 42.5 Å². The van der Waals surface area contributed by atoms with E-state index in [9.17, 15) is 13.2 Å². The summed E-state index contributed by atoms with van der Waals surface area (Å²) in [6.07, 6.45) is 0. The van der Waals surface area contributed by atoms with E-state index in [0.29, 0.717) is 12.1 Å². The molecule has 1 fully saturated rings. The Bertz CT molecular complexity index is 838. The molecule has 25 heavy (non-hydrogen) atoms. The maximum Gasteiger partial charge on any atom is 0.243 e. The van der Waals surface area contributed by atoms with Crippen LogP contribution in [-0.2, 0) is 10.0 Å². The molecule has 5 nitrogen and oxygen atoms in total. The molecule has 0 amide bonds. The molecule has 0 aliphatic carbocycles. The van der Waals surface area contributed by atoms with Gasteiger partial charge in [0.05, 0.1) is 4.90 Å². The summed E-state index contributed by atoms with van der Waals surface area (Å²) in [6.45, 7) is 2.10. The van der Waals surface area contributed by atoms with E-state index in [-0.39, 0.29) is 41.6 Å². The second kappa shape index (κ2) is 7.66. The largest absolute Gasteiger partial charge is 0.326 e. The van der Waals surface area contributed by atoms with Crippen LogP contribution in [0.1, 0.15) is 28.8 Å². The molecule has 3 rings (SSSR count). The van der Waals surface area contributed by atoms with Crippen molar-refractivity contribution < 1.29 is 13.2 Å². The number of rotatable bonds is 4. The summed E-state index contributed by atoms with van der Waals surface area (Å²) in [7, 11) is -3.61.